The summed E-state index contributed by atoms with van der Waals surface area (Å²) in [6.07, 6.45) is 1.61. The number of furan rings is 1. The number of rotatable bonds is 4. The zero-order chi connectivity index (χ0) is 15.4. The number of aliphatic imine (C=N–C) groups is 1. The van der Waals surface area contributed by atoms with Crippen molar-refractivity contribution in [2.75, 3.05) is 5.75 Å². The predicted octanol–water partition coefficient (Wildman–Crippen LogP) is 2.78. The highest BCUT2D eigenvalue weighted by Crippen LogP contribution is 2.18. The molecule has 0 spiro atoms. The largest absolute Gasteiger partial charge is 0.467 e. The summed E-state index contributed by atoms with van der Waals surface area (Å²) in [5, 5.41) is 15.7. The highest BCUT2D eigenvalue weighted by atomic mass is 32.2. The molecule has 0 amide bonds. The van der Waals surface area contributed by atoms with Gasteiger partial charge in [0.05, 0.1) is 23.4 Å². The molecule has 1 N–H and O–H groups in total. The summed E-state index contributed by atoms with van der Waals surface area (Å²) in [4.78, 5) is 14.7. The quantitative estimate of drug-likeness (QED) is 0.691. The van der Waals surface area contributed by atoms with Gasteiger partial charge in [-0.2, -0.15) is 5.10 Å². The molecule has 0 bridgehead atoms. The van der Waals surface area contributed by atoms with Gasteiger partial charge in [0.15, 0.2) is 5.17 Å². The highest BCUT2D eigenvalue weighted by molar-refractivity contribution is 8.14. The smallest absolute Gasteiger partial charge is 0.270 e. The van der Waals surface area contributed by atoms with Crippen molar-refractivity contribution in [1.82, 2.24) is 5.43 Å². The normalized spacial score (nSPS) is 16.2. The molecule has 0 atom stereocenters. The van der Waals surface area contributed by atoms with Gasteiger partial charge in [-0.3, -0.25) is 20.5 Å². The summed E-state index contributed by atoms with van der Waals surface area (Å²) in [5.74, 6) is 1.38. The van der Waals surface area contributed by atoms with Crippen molar-refractivity contribution in [3.63, 3.8) is 0 Å². The van der Waals surface area contributed by atoms with Gasteiger partial charge in [-0.05, 0) is 12.1 Å². The first-order valence-corrected chi connectivity index (χ1v) is 7.48. The number of nitrogens with one attached hydrogen (secondary N) is 1. The zero-order valence-corrected chi connectivity index (χ0v) is 12.2. The highest BCUT2D eigenvalue weighted by Gasteiger charge is 2.15. The average Bonchev–Trinajstić information content (AvgIpc) is 3.07. The van der Waals surface area contributed by atoms with E-state index in [1.807, 2.05) is 12.1 Å². The number of hydrogen-bond donors (Lipinski definition) is 1. The summed E-state index contributed by atoms with van der Waals surface area (Å²) >= 11 is 1.50. The Balaban J connectivity index is 1.69. The molecule has 2 aromatic rings. The minimum atomic E-state index is -0.413. The molecule has 112 valence electrons. The molecule has 0 saturated heterocycles. The van der Waals surface area contributed by atoms with E-state index in [0.29, 0.717) is 17.5 Å². The van der Waals surface area contributed by atoms with Crippen molar-refractivity contribution in [1.29, 1.82) is 0 Å². The van der Waals surface area contributed by atoms with Gasteiger partial charge < -0.3 is 4.42 Å². The Labute approximate surface area is 130 Å². The molecule has 3 rings (SSSR count). The number of amidine groups is 1. The first kappa shape index (κ1) is 14.3. The van der Waals surface area contributed by atoms with Gasteiger partial charge >= 0.3 is 0 Å². The number of nitro groups is 1. The molecule has 0 fully saturated rings. The van der Waals surface area contributed by atoms with E-state index in [0.717, 1.165) is 17.0 Å². The molecular weight excluding hydrogens is 304 g/mol. The van der Waals surface area contributed by atoms with E-state index in [1.54, 1.807) is 18.4 Å². The van der Waals surface area contributed by atoms with Crippen molar-refractivity contribution >= 4 is 28.3 Å². The van der Waals surface area contributed by atoms with E-state index in [9.17, 15) is 10.1 Å². The Morgan fingerprint density at radius 3 is 3.00 bits per heavy atom. The number of nitro benzene ring substituents is 1. The fourth-order valence-corrected chi connectivity index (χ4v) is 2.67. The van der Waals surface area contributed by atoms with E-state index in [-0.39, 0.29) is 5.69 Å². The van der Waals surface area contributed by atoms with E-state index >= 15 is 0 Å². The van der Waals surface area contributed by atoms with Gasteiger partial charge in [0.25, 0.3) is 5.69 Å². The SMILES string of the molecule is O=[N+]([O-])c1cccc(C2=NNC(=NCc3ccco3)SC2)c1. The zero-order valence-electron chi connectivity index (χ0n) is 11.4. The molecule has 7 nitrogen and oxygen atoms in total. The summed E-state index contributed by atoms with van der Waals surface area (Å²) in [6, 6.07) is 10.1. The van der Waals surface area contributed by atoms with Crippen molar-refractivity contribution in [2.24, 2.45) is 10.1 Å². The number of thioether (sulfide) groups is 1. The van der Waals surface area contributed by atoms with Crippen molar-refractivity contribution < 1.29 is 9.34 Å². The Kier molecular flexibility index (Phi) is 4.19. The maximum atomic E-state index is 10.8. The van der Waals surface area contributed by atoms with Crippen LogP contribution in [0.5, 0.6) is 0 Å². The lowest BCUT2D eigenvalue weighted by atomic mass is 10.1. The van der Waals surface area contributed by atoms with Crippen LogP contribution < -0.4 is 5.43 Å². The van der Waals surface area contributed by atoms with Gasteiger partial charge in [-0.15, -0.1) is 0 Å². The fraction of sp³-hybridized carbons (Fsp3) is 0.143. The number of nitrogens with zero attached hydrogens (tertiary/aromatic N) is 3. The number of hydrogen-bond acceptors (Lipinski definition) is 6. The van der Waals surface area contributed by atoms with E-state index in [4.69, 9.17) is 4.42 Å². The first-order chi connectivity index (χ1) is 10.7. The molecule has 1 aliphatic heterocycles. The lowest BCUT2D eigenvalue weighted by Crippen LogP contribution is -2.25. The van der Waals surface area contributed by atoms with Crippen LogP contribution in [0, 0.1) is 10.1 Å². The van der Waals surface area contributed by atoms with Crippen LogP contribution in [-0.2, 0) is 6.54 Å². The van der Waals surface area contributed by atoms with Crippen molar-refractivity contribution in [3.8, 4) is 0 Å². The van der Waals surface area contributed by atoms with E-state index in [2.05, 4.69) is 15.5 Å². The fourth-order valence-electron chi connectivity index (χ4n) is 1.90. The average molecular weight is 316 g/mol. The molecule has 1 aromatic heterocycles. The molecule has 0 aliphatic carbocycles. The second-order valence-corrected chi connectivity index (χ2v) is 5.43. The number of non-ortho nitro benzene ring substituents is 1. The third-order valence-electron chi connectivity index (χ3n) is 2.98. The molecule has 22 heavy (non-hydrogen) atoms. The van der Waals surface area contributed by atoms with Crippen LogP contribution in [0.15, 0.2) is 57.2 Å². The van der Waals surface area contributed by atoms with Crippen LogP contribution in [0.4, 0.5) is 5.69 Å². The van der Waals surface area contributed by atoms with Gasteiger partial charge in [0.2, 0.25) is 0 Å². The maximum absolute atomic E-state index is 10.8. The molecule has 0 unspecified atom stereocenters. The molecular formula is C14H12N4O3S. The minimum absolute atomic E-state index is 0.0579. The molecule has 0 saturated carbocycles. The first-order valence-electron chi connectivity index (χ1n) is 6.49. The molecule has 1 aromatic carbocycles. The molecule has 1 aliphatic rings. The van der Waals surface area contributed by atoms with Crippen LogP contribution >= 0.6 is 11.8 Å². The van der Waals surface area contributed by atoms with Gasteiger partial charge in [-0.1, -0.05) is 23.9 Å². The van der Waals surface area contributed by atoms with Crippen molar-refractivity contribution in [2.45, 2.75) is 6.54 Å². The summed E-state index contributed by atoms with van der Waals surface area (Å²) < 4.78 is 5.21. The molecule has 0 radical (unpaired) electrons. The van der Waals surface area contributed by atoms with Crippen LogP contribution in [-0.4, -0.2) is 21.6 Å². The lowest BCUT2D eigenvalue weighted by Gasteiger charge is -2.14. The topological polar surface area (TPSA) is 93.0 Å². The van der Waals surface area contributed by atoms with Crippen molar-refractivity contribution in [3.05, 3.63) is 64.1 Å². The van der Waals surface area contributed by atoms with E-state index in [1.165, 1.54) is 23.9 Å². The Morgan fingerprint density at radius 1 is 1.41 bits per heavy atom. The monoisotopic (exact) mass is 316 g/mol. The standard InChI is InChI=1S/C14H12N4O3S/c19-18(20)11-4-1-3-10(7-11)13-9-22-14(17-16-13)15-8-12-5-2-6-21-12/h1-7H,8-9H2,(H,15,17). The van der Waals surface area contributed by atoms with Crippen LogP contribution in [0.3, 0.4) is 0 Å². The van der Waals surface area contributed by atoms with Gasteiger partial charge in [0, 0.05) is 23.4 Å². The third kappa shape index (κ3) is 3.34. The second kappa shape index (κ2) is 6.44. The Hall–Kier alpha value is -2.61. The van der Waals surface area contributed by atoms with Crippen LogP contribution in [0.2, 0.25) is 0 Å². The summed E-state index contributed by atoms with van der Waals surface area (Å²) in [5.41, 5.74) is 4.42. The van der Waals surface area contributed by atoms with Crippen LogP contribution in [0.25, 0.3) is 0 Å². The Bertz CT molecular complexity index is 740. The number of benzene rings is 1. The predicted molar refractivity (Wildman–Crippen MR) is 85.1 cm³/mol. The summed E-state index contributed by atoms with van der Waals surface area (Å²) in [6.45, 7) is 0.448. The molecule has 2 heterocycles. The lowest BCUT2D eigenvalue weighted by molar-refractivity contribution is -0.384. The summed E-state index contributed by atoms with van der Waals surface area (Å²) in [7, 11) is 0. The minimum Gasteiger partial charge on any atom is -0.467 e. The van der Waals surface area contributed by atoms with Gasteiger partial charge in [-0.25, -0.2) is 0 Å². The third-order valence-corrected chi connectivity index (χ3v) is 3.89. The maximum Gasteiger partial charge on any atom is 0.270 e. The Morgan fingerprint density at radius 2 is 2.32 bits per heavy atom. The van der Waals surface area contributed by atoms with Gasteiger partial charge in [0.1, 0.15) is 5.76 Å². The van der Waals surface area contributed by atoms with E-state index < -0.39 is 4.92 Å². The van der Waals surface area contributed by atoms with Crippen LogP contribution in [0.1, 0.15) is 11.3 Å². The molecule has 8 heteroatoms. The number of hydrazone groups is 1. The second-order valence-electron chi connectivity index (χ2n) is 4.47.